The molecule has 1 aliphatic rings. The van der Waals surface area contributed by atoms with Gasteiger partial charge in [0.25, 0.3) is 0 Å². The first-order valence-corrected chi connectivity index (χ1v) is 6.53. The van der Waals surface area contributed by atoms with Gasteiger partial charge in [0.05, 0.1) is 6.04 Å². The number of halogens is 1. The molecule has 0 aromatic heterocycles. The van der Waals surface area contributed by atoms with Crippen LogP contribution in [0.5, 0.6) is 0 Å². The smallest absolute Gasteiger partial charge is 0.234 e. The van der Waals surface area contributed by atoms with E-state index in [-0.39, 0.29) is 11.9 Å². The van der Waals surface area contributed by atoms with Crippen molar-refractivity contribution in [3.8, 4) is 0 Å². The Balaban J connectivity index is 2.13. The van der Waals surface area contributed by atoms with Crippen molar-refractivity contribution < 1.29 is 4.79 Å². The van der Waals surface area contributed by atoms with Crippen molar-refractivity contribution >= 4 is 23.2 Å². The lowest BCUT2D eigenvalue weighted by atomic mass is 10.0. The molecule has 0 spiro atoms. The molecule has 0 radical (unpaired) electrons. The Hall–Kier alpha value is -1.26. The van der Waals surface area contributed by atoms with E-state index >= 15 is 0 Å². The van der Waals surface area contributed by atoms with E-state index in [1.807, 2.05) is 12.1 Å². The van der Waals surface area contributed by atoms with Crippen LogP contribution >= 0.6 is 11.6 Å². The van der Waals surface area contributed by atoms with Gasteiger partial charge in [-0.1, -0.05) is 24.1 Å². The third kappa shape index (κ3) is 2.94. The maximum absolute atomic E-state index is 11.4. The van der Waals surface area contributed by atoms with Crippen molar-refractivity contribution in [3.63, 3.8) is 0 Å². The summed E-state index contributed by atoms with van der Waals surface area (Å²) in [7, 11) is 0. The number of primary amides is 1. The number of benzene rings is 1. The lowest BCUT2D eigenvalue weighted by Crippen LogP contribution is -2.47. The molecule has 0 bridgehead atoms. The number of anilines is 1. The summed E-state index contributed by atoms with van der Waals surface area (Å²) in [6.07, 6.45) is 2.99. The number of rotatable bonds is 3. The van der Waals surface area contributed by atoms with Gasteiger partial charge in [-0.05, 0) is 37.1 Å². The van der Waals surface area contributed by atoms with Crippen molar-refractivity contribution in [2.24, 2.45) is 5.73 Å². The first-order valence-electron chi connectivity index (χ1n) is 6.15. The second kappa shape index (κ2) is 5.59. The normalized spacial score (nSPS) is 20.8. The maximum Gasteiger partial charge on any atom is 0.234 e. The molecule has 98 valence electrons. The highest BCUT2D eigenvalue weighted by Gasteiger charge is 2.27. The summed E-state index contributed by atoms with van der Waals surface area (Å²) < 4.78 is 0. The van der Waals surface area contributed by atoms with Crippen LogP contribution in [0.4, 0.5) is 5.69 Å². The number of hydrogen-bond acceptors (Lipinski definition) is 3. The summed E-state index contributed by atoms with van der Waals surface area (Å²) in [6, 6.07) is 5.29. The van der Waals surface area contributed by atoms with Crippen LogP contribution in [0.3, 0.4) is 0 Å². The largest absolute Gasteiger partial charge is 0.398 e. The Morgan fingerprint density at radius 1 is 1.44 bits per heavy atom. The lowest BCUT2D eigenvalue weighted by Gasteiger charge is -2.33. The molecule has 2 rings (SSSR count). The number of nitrogen functional groups attached to an aromatic ring is 1. The van der Waals surface area contributed by atoms with Gasteiger partial charge in [-0.2, -0.15) is 0 Å². The monoisotopic (exact) mass is 267 g/mol. The van der Waals surface area contributed by atoms with Crippen molar-refractivity contribution in [1.82, 2.24) is 4.90 Å². The topological polar surface area (TPSA) is 72.4 Å². The molecule has 1 unspecified atom stereocenters. The summed E-state index contributed by atoms with van der Waals surface area (Å²) in [5, 5.41) is 0.626. The number of amides is 1. The Morgan fingerprint density at radius 3 is 2.89 bits per heavy atom. The number of nitrogens with two attached hydrogens (primary N) is 2. The molecule has 0 aliphatic carbocycles. The third-order valence-corrected chi connectivity index (χ3v) is 3.66. The minimum Gasteiger partial charge on any atom is -0.398 e. The fraction of sp³-hybridized carbons (Fsp3) is 0.462. The van der Waals surface area contributed by atoms with Gasteiger partial charge in [-0.25, -0.2) is 0 Å². The number of likely N-dealkylation sites (tertiary alicyclic amines) is 1. The zero-order chi connectivity index (χ0) is 13.1. The average molecular weight is 268 g/mol. The molecule has 1 aliphatic heterocycles. The van der Waals surface area contributed by atoms with Gasteiger partial charge in [0.15, 0.2) is 0 Å². The Bertz CT molecular complexity index is 450. The summed E-state index contributed by atoms with van der Waals surface area (Å²) >= 11 is 5.87. The van der Waals surface area contributed by atoms with E-state index in [1.54, 1.807) is 6.07 Å². The third-order valence-electron chi connectivity index (χ3n) is 3.42. The molecule has 1 heterocycles. The number of carbonyl (C=O) groups is 1. The molecule has 1 aromatic rings. The molecule has 4 nitrogen and oxygen atoms in total. The molecular weight excluding hydrogens is 250 g/mol. The van der Waals surface area contributed by atoms with Gasteiger partial charge in [0.1, 0.15) is 0 Å². The number of hydrogen-bond donors (Lipinski definition) is 2. The Morgan fingerprint density at radius 2 is 2.22 bits per heavy atom. The van der Waals surface area contributed by atoms with Crippen LogP contribution < -0.4 is 11.5 Å². The highest BCUT2D eigenvalue weighted by Crippen LogP contribution is 2.23. The average Bonchev–Trinajstić information content (AvgIpc) is 2.33. The fourth-order valence-electron chi connectivity index (χ4n) is 2.43. The SMILES string of the molecule is NC(=O)C1CCCCN1Cc1ccc(Cl)cc1N. The number of carbonyl (C=O) groups excluding carboxylic acids is 1. The summed E-state index contributed by atoms with van der Waals surface area (Å²) in [4.78, 5) is 13.5. The van der Waals surface area contributed by atoms with Crippen LogP contribution in [0.15, 0.2) is 18.2 Å². The first-order chi connectivity index (χ1) is 8.58. The van der Waals surface area contributed by atoms with E-state index < -0.39 is 0 Å². The first kappa shape index (κ1) is 13.2. The zero-order valence-electron chi connectivity index (χ0n) is 10.2. The Labute approximate surface area is 112 Å². The lowest BCUT2D eigenvalue weighted by molar-refractivity contribution is -0.124. The van der Waals surface area contributed by atoms with E-state index in [0.717, 1.165) is 31.4 Å². The van der Waals surface area contributed by atoms with Crippen molar-refractivity contribution in [1.29, 1.82) is 0 Å². The molecular formula is C13H18ClN3O. The second-order valence-electron chi connectivity index (χ2n) is 4.73. The predicted octanol–water partition coefficient (Wildman–Crippen LogP) is 1.76. The molecule has 1 amide bonds. The van der Waals surface area contributed by atoms with Crippen molar-refractivity contribution in [2.75, 3.05) is 12.3 Å². The fourth-order valence-corrected chi connectivity index (χ4v) is 2.61. The molecule has 18 heavy (non-hydrogen) atoms. The maximum atomic E-state index is 11.4. The van der Waals surface area contributed by atoms with Gasteiger partial charge in [0.2, 0.25) is 5.91 Å². The standard InChI is InChI=1S/C13H18ClN3O/c14-10-5-4-9(11(15)7-10)8-17-6-2-1-3-12(17)13(16)18/h4-5,7,12H,1-3,6,8,15H2,(H2,16,18). The van der Waals surface area contributed by atoms with Gasteiger partial charge in [-0.3, -0.25) is 9.69 Å². The number of nitrogens with zero attached hydrogens (tertiary/aromatic N) is 1. The van der Waals surface area contributed by atoms with E-state index in [9.17, 15) is 4.79 Å². The van der Waals surface area contributed by atoms with Crippen molar-refractivity contribution in [2.45, 2.75) is 31.8 Å². The summed E-state index contributed by atoms with van der Waals surface area (Å²) in [6.45, 7) is 1.53. The van der Waals surface area contributed by atoms with Gasteiger partial charge < -0.3 is 11.5 Å². The molecule has 1 fully saturated rings. The van der Waals surface area contributed by atoms with E-state index in [2.05, 4.69) is 4.90 Å². The quantitative estimate of drug-likeness (QED) is 0.820. The molecule has 0 saturated carbocycles. The van der Waals surface area contributed by atoms with Gasteiger partial charge >= 0.3 is 0 Å². The minimum atomic E-state index is -0.248. The van der Waals surface area contributed by atoms with Crippen LogP contribution in [0.1, 0.15) is 24.8 Å². The van der Waals surface area contributed by atoms with Crippen molar-refractivity contribution in [3.05, 3.63) is 28.8 Å². The molecule has 5 heteroatoms. The highest BCUT2D eigenvalue weighted by atomic mass is 35.5. The van der Waals surface area contributed by atoms with Crippen LogP contribution in [-0.4, -0.2) is 23.4 Å². The number of piperidine rings is 1. The van der Waals surface area contributed by atoms with E-state index in [4.69, 9.17) is 23.1 Å². The predicted molar refractivity (Wildman–Crippen MR) is 73.1 cm³/mol. The van der Waals surface area contributed by atoms with E-state index in [1.165, 1.54) is 0 Å². The minimum absolute atomic E-state index is 0.172. The molecule has 4 N–H and O–H groups in total. The highest BCUT2D eigenvalue weighted by molar-refractivity contribution is 6.30. The molecule has 1 atom stereocenters. The van der Waals surface area contributed by atoms with Gasteiger partial charge in [0, 0.05) is 17.3 Å². The van der Waals surface area contributed by atoms with Crippen LogP contribution in [0.25, 0.3) is 0 Å². The second-order valence-corrected chi connectivity index (χ2v) is 5.16. The Kier molecular flexibility index (Phi) is 4.09. The summed E-state index contributed by atoms with van der Waals surface area (Å²) in [5.41, 5.74) is 13.0. The molecule has 1 saturated heterocycles. The van der Waals surface area contributed by atoms with Crippen LogP contribution in [0.2, 0.25) is 5.02 Å². The van der Waals surface area contributed by atoms with Crippen LogP contribution in [0, 0.1) is 0 Å². The van der Waals surface area contributed by atoms with E-state index in [0.29, 0.717) is 17.3 Å². The van der Waals surface area contributed by atoms with Gasteiger partial charge in [-0.15, -0.1) is 0 Å². The van der Waals surface area contributed by atoms with Crippen LogP contribution in [-0.2, 0) is 11.3 Å². The summed E-state index contributed by atoms with van der Waals surface area (Å²) in [5.74, 6) is -0.248. The molecule has 1 aromatic carbocycles. The zero-order valence-corrected chi connectivity index (χ0v) is 11.0.